The molecule has 1 aromatic carbocycles. The molecule has 4 bridgehead atoms. The largest absolute Gasteiger partial charge is 0.486 e. The molecule has 5 aliphatic rings. The van der Waals surface area contributed by atoms with Crippen LogP contribution in [0.4, 0.5) is 10.5 Å². The minimum atomic E-state index is 0.0563. The number of carbonyl (C=O) groups excluding carboxylic acids is 1. The minimum absolute atomic E-state index is 0.0563. The number of benzene rings is 1. The maximum atomic E-state index is 13.3. The van der Waals surface area contributed by atoms with Gasteiger partial charge < -0.3 is 10.1 Å². The van der Waals surface area contributed by atoms with Crippen LogP contribution in [0.1, 0.15) is 51.9 Å². The smallest absolute Gasteiger partial charge is 0.322 e. The topological polar surface area (TPSA) is 41.6 Å². The molecule has 4 fully saturated rings. The molecule has 0 aromatic heterocycles. The molecule has 4 heteroatoms. The lowest BCUT2D eigenvalue weighted by Gasteiger charge is -2.57. The van der Waals surface area contributed by atoms with E-state index in [1.54, 1.807) is 0 Å². The molecule has 1 aromatic rings. The quantitative estimate of drug-likeness (QED) is 0.870. The zero-order chi connectivity index (χ0) is 17.0. The highest BCUT2D eigenvalue weighted by Crippen LogP contribution is 2.55. The minimum Gasteiger partial charge on any atom is -0.486 e. The second-order valence-corrected chi connectivity index (χ2v) is 8.85. The fourth-order valence-electron chi connectivity index (χ4n) is 6.26. The lowest BCUT2D eigenvalue weighted by atomic mass is 9.53. The molecule has 0 spiro atoms. The van der Waals surface area contributed by atoms with Crippen LogP contribution in [-0.4, -0.2) is 24.2 Å². The number of nitrogens with one attached hydrogen (secondary N) is 1. The molecule has 2 amide bonds. The first-order valence-electron chi connectivity index (χ1n) is 9.99. The summed E-state index contributed by atoms with van der Waals surface area (Å²) >= 11 is 0. The highest BCUT2D eigenvalue weighted by molar-refractivity contribution is 5.94. The summed E-state index contributed by atoms with van der Waals surface area (Å²) < 4.78 is 6.03. The Hall–Kier alpha value is -1.71. The lowest BCUT2D eigenvalue weighted by Crippen LogP contribution is -2.62. The van der Waals surface area contributed by atoms with Crippen molar-refractivity contribution in [1.82, 2.24) is 5.32 Å². The van der Waals surface area contributed by atoms with Gasteiger partial charge in [0.25, 0.3) is 0 Å². The van der Waals surface area contributed by atoms with Gasteiger partial charge in [-0.15, -0.1) is 0 Å². The number of urea groups is 1. The summed E-state index contributed by atoms with van der Waals surface area (Å²) in [6, 6.07) is 8.02. The summed E-state index contributed by atoms with van der Waals surface area (Å²) in [4.78, 5) is 15.2. The molecule has 0 radical (unpaired) electrons. The van der Waals surface area contributed by atoms with Crippen LogP contribution in [0, 0.1) is 17.8 Å². The van der Waals surface area contributed by atoms with Crippen molar-refractivity contribution in [3.8, 4) is 5.75 Å². The van der Waals surface area contributed by atoms with Crippen molar-refractivity contribution in [2.45, 2.75) is 63.5 Å². The Morgan fingerprint density at radius 2 is 1.80 bits per heavy atom. The number of nitrogens with zero attached hydrogens (tertiary/aromatic N) is 1. The van der Waals surface area contributed by atoms with E-state index in [4.69, 9.17) is 4.74 Å². The standard InChI is InChI=1S/C21H28N2O2/c1-2-17-13-23(18-5-3-4-6-19(18)25-17)20(24)22-21-10-14-7-15(11-21)9-16(8-14)12-21/h3-6,14-17H,2,7-13H2,1H3,(H,22,24)/t14?,15?,16?,17-,21?/m1/s1. The van der Waals surface area contributed by atoms with E-state index in [9.17, 15) is 4.79 Å². The fourth-order valence-corrected chi connectivity index (χ4v) is 6.26. The van der Waals surface area contributed by atoms with Crippen molar-refractivity contribution in [3.63, 3.8) is 0 Å². The Balaban J connectivity index is 1.39. The first-order chi connectivity index (χ1) is 12.1. The van der Waals surface area contributed by atoms with Gasteiger partial charge in [0.1, 0.15) is 11.9 Å². The Bertz CT molecular complexity index is 651. The van der Waals surface area contributed by atoms with Crippen LogP contribution in [0.2, 0.25) is 0 Å². The Morgan fingerprint density at radius 3 is 2.44 bits per heavy atom. The van der Waals surface area contributed by atoms with E-state index < -0.39 is 0 Å². The second-order valence-electron chi connectivity index (χ2n) is 8.85. The molecule has 25 heavy (non-hydrogen) atoms. The third-order valence-corrected chi connectivity index (χ3v) is 6.95. The van der Waals surface area contributed by atoms with E-state index in [1.807, 2.05) is 29.2 Å². The molecule has 134 valence electrons. The van der Waals surface area contributed by atoms with E-state index in [2.05, 4.69) is 12.2 Å². The Morgan fingerprint density at radius 1 is 1.16 bits per heavy atom. The highest BCUT2D eigenvalue weighted by atomic mass is 16.5. The van der Waals surface area contributed by atoms with Crippen LogP contribution in [0.5, 0.6) is 5.75 Å². The Labute approximate surface area is 149 Å². The van der Waals surface area contributed by atoms with Gasteiger partial charge in [0.15, 0.2) is 0 Å². The summed E-state index contributed by atoms with van der Waals surface area (Å²) in [6.07, 6.45) is 8.75. The normalized spacial score (nSPS) is 38.2. The van der Waals surface area contributed by atoms with Gasteiger partial charge in [-0.25, -0.2) is 4.79 Å². The fraction of sp³-hybridized carbons (Fsp3) is 0.667. The molecule has 0 unspecified atom stereocenters. The third kappa shape index (κ3) is 2.61. The number of rotatable bonds is 2. The van der Waals surface area contributed by atoms with Crippen molar-refractivity contribution in [2.24, 2.45) is 17.8 Å². The van der Waals surface area contributed by atoms with Crippen LogP contribution < -0.4 is 15.0 Å². The number of para-hydroxylation sites is 2. The van der Waals surface area contributed by atoms with Gasteiger partial charge in [0, 0.05) is 5.54 Å². The van der Waals surface area contributed by atoms with Crippen molar-refractivity contribution in [1.29, 1.82) is 0 Å². The maximum Gasteiger partial charge on any atom is 0.322 e. The summed E-state index contributed by atoms with van der Waals surface area (Å²) in [5.41, 5.74) is 0.968. The summed E-state index contributed by atoms with van der Waals surface area (Å²) in [5, 5.41) is 3.51. The number of hydrogen-bond donors (Lipinski definition) is 1. The van der Waals surface area contributed by atoms with Crippen LogP contribution in [-0.2, 0) is 0 Å². The predicted molar refractivity (Wildman–Crippen MR) is 97.9 cm³/mol. The third-order valence-electron chi connectivity index (χ3n) is 6.95. The number of anilines is 1. The van der Waals surface area contributed by atoms with Gasteiger partial charge in [0.2, 0.25) is 0 Å². The average molecular weight is 340 g/mol. The monoisotopic (exact) mass is 340 g/mol. The summed E-state index contributed by atoms with van der Waals surface area (Å²) in [6.45, 7) is 2.76. The molecule has 1 heterocycles. The first kappa shape index (κ1) is 15.5. The Kier molecular flexibility index (Phi) is 3.51. The van der Waals surface area contributed by atoms with Crippen LogP contribution in [0.3, 0.4) is 0 Å². The van der Waals surface area contributed by atoms with Crippen molar-refractivity contribution in [2.75, 3.05) is 11.4 Å². The number of hydrogen-bond acceptors (Lipinski definition) is 2. The van der Waals surface area contributed by atoms with Crippen LogP contribution in [0.15, 0.2) is 24.3 Å². The van der Waals surface area contributed by atoms with Crippen molar-refractivity contribution < 1.29 is 9.53 Å². The van der Waals surface area contributed by atoms with Gasteiger partial charge in [-0.1, -0.05) is 19.1 Å². The van der Waals surface area contributed by atoms with E-state index in [0.717, 1.165) is 35.6 Å². The highest BCUT2D eigenvalue weighted by Gasteiger charge is 2.52. The first-order valence-corrected chi connectivity index (χ1v) is 9.99. The molecular formula is C21H28N2O2. The second kappa shape index (κ2) is 5.65. The zero-order valence-corrected chi connectivity index (χ0v) is 15.0. The number of carbonyl (C=O) groups is 1. The van der Waals surface area contributed by atoms with Gasteiger partial charge in [-0.3, -0.25) is 4.90 Å². The predicted octanol–water partition coefficient (Wildman–Crippen LogP) is 4.34. The molecule has 0 saturated heterocycles. The van der Waals surface area contributed by atoms with Gasteiger partial charge in [-0.2, -0.15) is 0 Å². The van der Waals surface area contributed by atoms with Crippen LogP contribution >= 0.6 is 0 Å². The van der Waals surface area contributed by atoms with Crippen molar-refractivity contribution >= 4 is 11.7 Å². The number of ether oxygens (including phenoxy) is 1. The van der Waals surface area contributed by atoms with E-state index >= 15 is 0 Å². The van der Waals surface area contributed by atoms with Crippen LogP contribution in [0.25, 0.3) is 0 Å². The number of fused-ring (bicyclic) bond motifs is 1. The molecule has 1 N–H and O–H groups in total. The molecule has 6 rings (SSSR count). The molecule has 4 aliphatic carbocycles. The number of amides is 2. The SMILES string of the molecule is CC[C@@H]1CN(C(=O)NC23CC4CC(CC(C4)C2)C3)c2ccccc2O1. The molecule has 4 saturated carbocycles. The summed E-state index contributed by atoms with van der Waals surface area (Å²) in [7, 11) is 0. The van der Waals surface area contributed by atoms with E-state index in [1.165, 1.54) is 38.5 Å². The van der Waals surface area contributed by atoms with Gasteiger partial charge >= 0.3 is 6.03 Å². The van der Waals surface area contributed by atoms with Gasteiger partial charge in [0.05, 0.1) is 12.2 Å². The molecular weight excluding hydrogens is 312 g/mol. The summed E-state index contributed by atoms with van der Waals surface area (Å²) in [5.74, 6) is 3.35. The van der Waals surface area contributed by atoms with Gasteiger partial charge in [-0.05, 0) is 74.8 Å². The van der Waals surface area contributed by atoms with E-state index in [-0.39, 0.29) is 17.7 Å². The average Bonchev–Trinajstić information content (AvgIpc) is 2.59. The molecule has 1 aliphatic heterocycles. The maximum absolute atomic E-state index is 13.3. The zero-order valence-electron chi connectivity index (χ0n) is 15.0. The van der Waals surface area contributed by atoms with Crippen molar-refractivity contribution in [3.05, 3.63) is 24.3 Å². The molecule has 1 atom stereocenters. The lowest BCUT2D eigenvalue weighted by molar-refractivity contribution is -0.0132. The van der Waals surface area contributed by atoms with E-state index in [0.29, 0.717) is 6.54 Å². The molecule has 4 nitrogen and oxygen atoms in total.